The van der Waals surface area contributed by atoms with Crippen molar-refractivity contribution in [2.75, 3.05) is 6.61 Å². The first-order chi connectivity index (χ1) is 9.29. The van der Waals surface area contributed by atoms with E-state index in [1.807, 2.05) is 24.3 Å². The number of ether oxygens (including phenoxy) is 1. The van der Waals surface area contributed by atoms with Crippen LogP contribution in [0.5, 0.6) is 5.75 Å². The van der Waals surface area contributed by atoms with Crippen molar-refractivity contribution in [3.8, 4) is 5.75 Å². The van der Waals surface area contributed by atoms with E-state index in [4.69, 9.17) is 4.74 Å². The van der Waals surface area contributed by atoms with Crippen molar-refractivity contribution >= 4 is 0 Å². The van der Waals surface area contributed by atoms with E-state index in [1.165, 1.54) is 25.7 Å². The molecular weight excluding hydrogens is 236 g/mol. The van der Waals surface area contributed by atoms with E-state index < -0.39 is 6.10 Å². The van der Waals surface area contributed by atoms with Crippen LogP contribution in [0.25, 0.3) is 0 Å². The standard InChI is InChI=1S/C17H28O2/c1-3-5-6-7-10-14-19-17-13-9-8-12-15(17)16(18)11-4-2/h8-9,12-13,16,18H,3-7,10-11,14H2,1-2H3. The van der Waals surface area contributed by atoms with Crippen molar-refractivity contribution in [2.45, 2.75) is 64.9 Å². The molecule has 0 heterocycles. The number of aliphatic hydroxyl groups is 1. The van der Waals surface area contributed by atoms with E-state index in [9.17, 15) is 5.11 Å². The summed E-state index contributed by atoms with van der Waals surface area (Å²) in [5.41, 5.74) is 0.929. The van der Waals surface area contributed by atoms with Gasteiger partial charge in [-0.25, -0.2) is 0 Å². The average molecular weight is 264 g/mol. The summed E-state index contributed by atoms with van der Waals surface area (Å²) in [6, 6.07) is 7.85. The number of hydrogen-bond acceptors (Lipinski definition) is 2. The Morgan fingerprint density at radius 3 is 2.47 bits per heavy atom. The molecule has 19 heavy (non-hydrogen) atoms. The van der Waals surface area contributed by atoms with E-state index in [0.29, 0.717) is 0 Å². The smallest absolute Gasteiger partial charge is 0.125 e. The van der Waals surface area contributed by atoms with Gasteiger partial charge in [-0.05, 0) is 18.9 Å². The summed E-state index contributed by atoms with van der Waals surface area (Å²) in [5.74, 6) is 0.846. The zero-order chi connectivity index (χ0) is 13.9. The molecule has 0 radical (unpaired) electrons. The quantitative estimate of drug-likeness (QED) is 0.611. The van der Waals surface area contributed by atoms with E-state index in [2.05, 4.69) is 13.8 Å². The van der Waals surface area contributed by atoms with Gasteiger partial charge in [0.1, 0.15) is 5.75 Å². The second-order valence-corrected chi connectivity index (χ2v) is 5.10. The first-order valence-corrected chi connectivity index (χ1v) is 7.69. The summed E-state index contributed by atoms with van der Waals surface area (Å²) in [7, 11) is 0. The first-order valence-electron chi connectivity index (χ1n) is 7.69. The Hall–Kier alpha value is -1.02. The molecule has 0 bridgehead atoms. The van der Waals surface area contributed by atoms with Crippen LogP contribution in [0.2, 0.25) is 0 Å². The Morgan fingerprint density at radius 2 is 1.74 bits per heavy atom. The average Bonchev–Trinajstić information content (AvgIpc) is 2.43. The zero-order valence-electron chi connectivity index (χ0n) is 12.4. The number of benzene rings is 1. The number of para-hydroxylation sites is 1. The monoisotopic (exact) mass is 264 g/mol. The van der Waals surface area contributed by atoms with E-state index in [0.717, 1.165) is 37.2 Å². The third kappa shape index (κ3) is 6.11. The lowest BCUT2D eigenvalue weighted by Gasteiger charge is -2.15. The molecule has 1 unspecified atom stereocenters. The number of hydrogen-bond donors (Lipinski definition) is 1. The van der Waals surface area contributed by atoms with Crippen LogP contribution in [0, 0.1) is 0 Å². The molecular formula is C17H28O2. The molecule has 1 atom stereocenters. The summed E-state index contributed by atoms with van der Waals surface area (Å²) in [5, 5.41) is 10.1. The van der Waals surface area contributed by atoms with Gasteiger partial charge in [0.2, 0.25) is 0 Å². The predicted molar refractivity (Wildman–Crippen MR) is 80.6 cm³/mol. The fourth-order valence-corrected chi connectivity index (χ4v) is 2.20. The maximum absolute atomic E-state index is 10.1. The third-order valence-corrected chi connectivity index (χ3v) is 3.35. The Bertz CT molecular complexity index is 336. The Kier molecular flexibility index (Phi) is 8.31. The van der Waals surface area contributed by atoms with Crippen LogP contribution < -0.4 is 4.74 Å². The van der Waals surface area contributed by atoms with Crippen molar-refractivity contribution < 1.29 is 9.84 Å². The van der Waals surface area contributed by atoms with E-state index in [-0.39, 0.29) is 0 Å². The molecule has 0 amide bonds. The van der Waals surface area contributed by atoms with Gasteiger partial charge in [0.25, 0.3) is 0 Å². The largest absolute Gasteiger partial charge is 0.493 e. The van der Waals surface area contributed by atoms with Crippen LogP contribution >= 0.6 is 0 Å². The van der Waals surface area contributed by atoms with Crippen LogP contribution in [-0.4, -0.2) is 11.7 Å². The molecule has 1 aromatic carbocycles. The Morgan fingerprint density at radius 1 is 1.00 bits per heavy atom. The van der Waals surface area contributed by atoms with Crippen LogP contribution in [0.1, 0.15) is 70.5 Å². The zero-order valence-corrected chi connectivity index (χ0v) is 12.4. The number of unbranched alkanes of at least 4 members (excludes halogenated alkanes) is 4. The lowest BCUT2D eigenvalue weighted by atomic mass is 10.0. The van der Waals surface area contributed by atoms with Gasteiger partial charge in [-0.1, -0.05) is 64.2 Å². The second kappa shape index (κ2) is 9.85. The molecule has 1 aromatic rings. The SMILES string of the molecule is CCCCCCCOc1ccccc1C(O)CCC. The third-order valence-electron chi connectivity index (χ3n) is 3.35. The minimum atomic E-state index is -0.402. The Labute approximate surface area is 117 Å². The minimum Gasteiger partial charge on any atom is -0.493 e. The maximum atomic E-state index is 10.1. The highest BCUT2D eigenvalue weighted by Gasteiger charge is 2.11. The molecule has 1 N–H and O–H groups in total. The lowest BCUT2D eigenvalue weighted by molar-refractivity contribution is 0.160. The van der Waals surface area contributed by atoms with Gasteiger partial charge in [-0.2, -0.15) is 0 Å². The normalized spacial score (nSPS) is 12.4. The highest BCUT2D eigenvalue weighted by atomic mass is 16.5. The fourth-order valence-electron chi connectivity index (χ4n) is 2.20. The van der Waals surface area contributed by atoms with Crippen LogP contribution in [0.4, 0.5) is 0 Å². The van der Waals surface area contributed by atoms with Crippen LogP contribution in [0.3, 0.4) is 0 Å². The molecule has 0 saturated heterocycles. The van der Waals surface area contributed by atoms with Crippen molar-refractivity contribution in [1.82, 2.24) is 0 Å². The highest BCUT2D eigenvalue weighted by Crippen LogP contribution is 2.28. The molecule has 0 aliphatic heterocycles. The van der Waals surface area contributed by atoms with Crippen molar-refractivity contribution in [3.63, 3.8) is 0 Å². The first kappa shape index (κ1) is 16.0. The van der Waals surface area contributed by atoms with Gasteiger partial charge in [-0.15, -0.1) is 0 Å². The molecule has 2 nitrogen and oxygen atoms in total. The molecule has 0 aromatic heterocycles. The summed E-state index contributed by atoms with van der Waals surface area (Å²) < 4.78 is 5.82. The van der Waals surface area contributed by atoms with Crippen LogP contribution in [-0.2, 0) is 0 Å². The van der Waals surface area contributed by atoms with Crippen molar-refractivity contribution in [2.24, 2.45) is 0 Å². The molecule has 0 saturated carbocycles. The van der Waals surface area contributed by atoms with E-state index >= 15 is 0 Å². The Balaban J connectivity index is 2.40. The van der Waals surface area contributed by atoms with Gasteiger partial charge in [0, 0.05) is 5.56 Å². The second-order valence-electron chi connectivity index (χ2n) is 5.10. The van der Waals surface area contributed by atoms with E-state index in [1.54, 1.807) is 0 Å². The summed E-state index contributed by atoms with van der Waals surface area (Å²) in [6.45, 7) is 5.06. The van der Waals surface area contributed by atoms with Crippen molar-refractivity contribution in [3.05, 3.63) is 29.8 Å². The molecule has 0 fully saturated rings. The van der Waals surface area contributed by atoms with Gasteiger partial charge in [-0.3, -0.25) is 0 Å². The molecule has 0 aliphatic rings. The van der Waals surface area contributed by atoms with Gasteiger partial charge < -0.3 is 9.84 Å². The summed E-state index contributed by atoms with van der Waals surface area (Å²) in [6.07, 6.45) is 7.56. The van der Waals surface area contributed by atoms with Gasteiger partial charge >= 0.3 is 0 Å². The number of aliphatic hydroxyl groups excluding tert-OH is 1. The summed E-state index contributed by atoms with van der Waals surface area (Å²) >= 11 is 0. The maximum Gasteiger partial charge on any atom is 0.125 e. The molecule has 0 aliphatic carbocycles. The summed E-state index contributed by atoms with van der Waals surface area (Å²) in [4.78, 5) is 0. The number of rotatable bonds is 10. The molecule has 0 spiro atoms. The van der Waals surface area contributed by atoms with Gasteiger partial charge in [0.15, 0.2) is 0 Å². The molecule has 108 valence electrons. The molecule has 1 rings (SSSR count). The lowest BCUT2D eigenvalue weighted by Crippen LogP contribution is -2.04. The topological polar surface area (TPSA) is 29.5 Å². The minimum absolute atomic E-state index is 0.402. The molecule has 2 heteroatoms. The fraction of sp³-hybridized carbons (Fsp3) is 0.647. The van der Waals surface area contributed by atoms with Crippen LogP contribution in [0.15, 0.2) is 24.3 Å². The van der Waals surface area contributed by atoms with Gasteiger partial charge in [0.05, 0.1) is 12.7 Å². The van der Waals surface area contributed by atoms with Crippen molar-refractivity contribution in [1.29, 1.82) is 0 Å². The highest BCUT2D eigenvalue weighted by molar-refractivity contribution is 5.35. The predicted octanol–water partition coefficient (Wildman–Crippen LogP) is 4.87.